The highest BCUT2D eigenvalue weighted by Gasteiger charge is 2.34. The molecule has 2 aliphatic rings. The van der Waals surface area contributed by atoms with E-state index in [1.807, 2.05) is 31.7 Å². The molecule has 4 rings (SSSR count). The third-order valence-corrected chi connectivity index (χ3v) is 6.19. The zero-order valence-electron chi connectivity index (χ0n) is 18.6. The van der Waals surface area contributed by atoms with Gasteiger partial charge in [0.25, 0.3) is 0 Å². The average molecular weight is 424 g/mol. The minimum Gasteiger partial charge on any atom is -0.384 e. The van der Waals surface area contributed by atoms with E-state index < -0.39 is 0 Å². The molecule has 1 saturated carbocycles. The highest BCUT2D eigenvalue weighted by Crippen LogP contribution is 2.46. The van der Waals surface area contributed by atoms with Gasteiger partial charge in [0.2, 0.25) is 5.91 Å². The fourth-order valence-corrected chi connectivity index (χ4v) is 4.43. The Hall–Kier alpha value is -2.92. The van der Waals surface area contributed by atoms with Crippen molar-refractivity contribution >= 4 is 11.7 Å². The van der Waals surface area contributed by atoms with E-state index in [1.165, 1.54) is 0 Å². The molecule has 1 aliphatic carbocycles. The smallest absolute Gasteiger partial charge is 0.225 e. The molecule has 0 radical (unpaired) electrons. The maximum Gasteiger partial charge on any atom is 0.225 e. The molecule has 0 unspecified atom stereocenters. The van der Waals surface area contributed by atoms with Crippen molar-refractivity contribution < 1.29 is 14.1 Å². The number of rotatable bonds is 6. The van der Waals surface area contributed by atoms with Crippen LogP contribution in [0.5, 0.6) is 0 Å². The number of amides is 1. The molecule has 2 aromatic rings. The number of ether oxygens (including phenoxy) is 1. The van der Waals surface area contributed by atoms with E-state index in [1.54, 1.807) is 7.11 Å². The molecule has 0 N–H and O–H groups in total. The standard InChI is InChI=1S/C23H29N5O3/c1-14-13-27(8-9-28(14)20(29)7-10-30-4)23-18(12-24)11-19(22(25-23)17-5-6-17)21-15(2)26-31-16(21)3/h11,14,17H,5-10,13H2,1-4H3/t14-/m1/s1. The summed E-state index contributed by atoms with van der Waals surface area (Å²) in [7, 11) is 1.60. The Labute approximate surface area is 182 Å². The number of hydrogen-bond donors (Lipinski definition) is 0. The summed E-state index contributed by atoms with van der Waals surface area (Å²) < 4.78 is 10.4. The Balaban J connectivity index is 1.65. The number of aromatic nitrogens is 2. The number of carbonyl (C=O) groups is 1. The normalized spacial score (nSPS) is 18.9. The van der Waals surface area contributed by atoms with E-state index in [2.05, 4.69) is 16.1 Å². The summed E-state index contributed by atoms with van der Waals surface area (Å²) >= 11 is 0. The van der Waals surface area contributed by atoms with Crippen LogP contribution in [0.2, 0.25) is 0 Å². The first-order chi connectivity index (χ1) is 14.9. The minimum atomic E-state index is 0.0399. The Morgan fingerprint density at radius 1 is 1.35 bits per heavy atom. The number of nitriles is 1. The predicted octanol–water partition coefficient (Wildman–Crippen LogP) is 3.18. The molecular formula is C23H29N5O3. The first kappa shape index (κ1) is 21.3. The summed E-state index contributed by atoms with van der Waals surface area (Å²) in [5, 5.41) is 14.0. The quantitative estimate of drug-likeness (QED) is 0.704. The zero-order chi connectivity index (χ0) is 22.1. The van der Waals surface area contributed by atoms with Crippen LogP contribution >= 0.6 is 0 Å². The van der Waals surface area contributed by atoms with Crippen LogP contribution in [0, 0.1) is 25.2 Å². The number of aryl methyl sites for hydroxylation is 2. The minimum absolute atomic E-state index is 0.0399. The predicted molar refractivity (Wildman–Crippen MR) is 116 cm³/mol. The van der Waals surface area contributed by atoms with Crippen molar-refractivity contribution in [3.8, 4) is 17.2 Å². The summed E-state index contributed by atoms with van der Waals surface area (Å²) in [4.78, 5) is 21.6. The van der Waals surface area contributed by atoms with Gasteiger partial charge in [0.05, 0.1) is 30.0 Å². The number of methoxy groups -OCH3 is 1. The van der Waals surface area contributed by atoms with Gasteiger partial charge in [-0.3, -0.25) is 4.79 Å². The van der Waals surface area contributed by atoms with Gasteiger partial charge in [0.15, 0.2) is 0 Å². The number of pyridine rings is 1. The molecular weight excluding hydrogens is 394 g/mol. The Morgan fingerprint density at radius 2 is 2.13 bits per heavy atom. The third-order valence-electron chi connectivity index (χ3n) is 6.19. The number of hydrogen-bond acceptors (Lipinski definition) is 7. The van der Waals surface area contributed by atoms with Crippen molar-refractivity contribution in [2.75, 3.05) is 38.3 Å². The van der Waals surface area contributed by atoms with E-state index in [0.717, 1.165) is 46.9 Å². The Morgan fingerprint density at radius 3 is 2.71 bits per heavy atom. The average Bonchev–Trinajstić information content (AvgIpc) is 3.55. The van der Waals surface area contributed by atoms with Gasteiger partial charge in [-0.25, -0.2) is 4.98 Å². The van der Waals surface area contributed by atoms with E-state index in [4.69, 9.17) is 14.2 Å². The molecule has 8 nitrogen and oxygen atoms in total. The van der Waals surface area contributed by atoms with Gasteiger partial charge in [-0.1, -0.05) is 5.16 Å². The molecule has 2 fully saturated rings. The molecule has 164 valence electrons. The molecule has 1 saturated heterocycles. The molecule has 1 atom stereocenters. The van der Waals surface area contributed by atoms with Gasteiger partial charge >= 0.3 is 0 Å². The van der Waals surface area contributed by atoms with Crippen LogP contribution in [-0.2, 0) is 9.53 Å². The second-order valence-electron chi connectivity index (χ2n) is 8.50. The van der Waals surface area contributed by atoms with Crippen LogP contribution < -0.4 is 4.90 Å². The van der Waals surface area contributed by atoms with Crippen molar-refractivity contribution in [2.45, 2.75) is 52.0 Å². The van der Waals surface area contributed by atoms with Crippen molar-refractivity contribution in [1.29, 1.82) is 5.26 Å². The highest BCUT2D eigenvalue weighted by atomic mass is 16.5. The van der Waals surface area contributed by atoms with Crippen molar-refractivity contribution in [3.05, 3.63) is 28.8 Å². The van der Waals surface area contributed by atoms with Gasteiger partial charge in [-0.05, 0) is 39.7 Å². The lowest BCUT2D eigenvalue weighted by atomic mass is 9.97. The summed E-state index contributed by atoms with van der Waals surface area (Å²) in [6, 6.07) is 4.33. The van der Waals surface area contributed by atoms with Gasteiger partial charge in [-0.2, -0.15) is 5.26 Å². The monoisotopic (exact) mass is 423 g/mol. The Bertz CT molecular complexity index is 1000. The van der Waals surface area contributed by atoms with Crippen LogP contribution in [0.15, 0.2) is 10.6 Å². The van der Waals surface area contributed by atoms with E-state index >= 15 is 0 Å². The molecule has 3 heterocycles. The lowest BCUT2D eigenvalue weighted by Gasteiger charge is -2.41. The van der Waals surface area contributed by atoms with Crippen LogP contribution in [-0.4, -0.2) is 60.3 Å². The maximum absolute atomic E-state index is 12.5. The van der Waals surface area contributed by atoms with Gasteiger partial charge in [0, 0.05) is 49.8 Å². The molecule has 31 heavy (non-hydrogen) atoms. The van der Waals surface area contributed by atoms with Crippen molar-refractivity contribution in [2.24, 2.45) is 0 Å². The SMILES string of the molecule is COCCC(=O)N1CCN(c2nc(C3CC3)c(-c3c(C)noc3C)cc2C#N)C[C@H]1C. The maximum atomic E-state index is 12.5. The van der Waals surface area contributed by atoms with Crippen LogP contribution in [0.25, 0.3) is 11.1 Å². The number of carbonyl (C=O) groups excluding carboxylic acids is 1. The summed E-state index contributed by atoms with van der Waals surface area (Å²) in [6.07, 6.45) is 2.60. The van der Waals surface area contributed by atoms with Crippen molar-refractivity contribution in [3.63, 3.8) is 0 Å². The van der Waals surface area contributed by atoms with E-state index in [0.29, 0.717) is 44.1 Å². The highest BCUT2D eigenvalue weighted by molar-refractivity contribution is 5.78. The lowest BCUT2D eigenvalue weighted by Crippen LogP contribution is -2.54. The Kier molecular flexibility index (Phi) is 5.96. The summed E-state index contributed by atoms with van der Waals surface area (Å²) in [5.41, 5.74) is 4.29. The summed E-state index contributed by atoms with van der Waals surface area (Å²) in [5.74, 6) is 1.98. The fourth-order valence-electron chi connectivity index (χ4n) is 4.43. The van der Waals surface area contributed by atoms with Crippen LogP contribution in [0.4, 0.5) is 5.82 Å². The van der Waals surface area contributed by atoms with Crippen molar-refractivity contribution in [1.82, 2.24) is 15.0 Å². The van der Waals surface area contributed by atoms with Gasteiger partial charge in [-0.15, -0.1) is 0 Å². The first-order valence-corrected chi connectivity index (χ1v) is 10.9. The van der Waals surface area contributed by atoms with Gasteiger partial charge < -0.3 is 19.1 Å². The molecule has 0 bridgehead atoms. The lowest BCUT2D eigenvalue weighted by molar-refractivity contribution is -0.134. The molecule has 0 aromatic carbocycles. The van der Waals surface area contributed by atoms with Gasteiger partial charge in [0.1, 0.15) is 17.6 Å². The van der Waals surface area contributed by atoms with E-state index in [9.17, 15) is 10.1 Å². The second kappa shape index (κ2) is 8.67. The first-order valence-electron chi connectivity index (χ1n) is 10.9. The molecule has 0 spiro atoms. The second-order valence-corrected chi connectivity index (χ2v) is 8.50. The summed E-state index contributed by atoms with van der Waals surface area (Å²) in [6.45, 7) is 8.20. The number of anilines is 1. The molecule has 2 aromatic heterocycles. The molecule has 1 amide bonds. The zero-order valence-corrected chi connectivity index (χ0v) is 18.6. The fraction of sp³-hybridized carbons (Fsp3) is 0.565. The van der Waals surface area contributed by atoms with E-state index in [-0.39, 0.29) is 11.9 Å². The third kappa shape index (κ3) is 4.15. The van der Waals surface area contributed by atoms with Crippen LogP contribution in [0.3, 0.4) is 0 Å². The molecule has 8 heteroatoms. The van der Waals surface area contributed by atoms with Crippen LogP contribution in [0.1, 0.15) is 54.8 Å². The topological polar surface area (TPSA) is 95.5 Å². The largest absolute Gasteiger partial charge is 0.384 e. The number of piperazine rings is 1. The molecule has 1 aliphatic heterocycles. The number of nitrogens with zero attached hydrogens (tertiary/aromatic N) is 5.